The third-order valence-corrected chi connectivity index (χ3v) is 4.33. The molecule has 1 aromatic carbocycles. The van der Waals surface area contributed by atoms with Gasteiger partial charge in [-0.1, -0.05) is 0 Å². The Hall–Kier alpha value is -0.742. The van der Waals surface area contributed by atoms with Crippen LogP contribution < -0.4 is 9.67 Å². The van der Waals surface area contributed by atoms with Crippen molar-refractivity contribution >= 4 is 41.7 Å². The molecule has 1 rings (SSSR count). The van der Waals surface area contributed by atoms with Gasteiger partial charge in [-0.25, -0.2) is 0 Å². The summed E-state index contributed by atoms with van der Waals surface area (Å²) in [6.07, 6.45) is 0.921. The van der Waals surface area contributed by atoms with Crippen LogP contribution in [-0.4, -0.2) is 34.2 Å². The Kier molecular flexibility index (Phi) is 5.27. The van der Waals surface area contributed by atoms with E-state index >= 15 is 0 Å². The van der Waals surface area contributed by atoms with E-state index in [0.29, 0.717) is 24.4 Å². The summed E-state index contributed by atoms with van der Waals surface area (Å²) >= 11 is 0.628. The maximum absolute atomic E-state index is 11.3. The summed E-state index contributed by atoms with van der Waals surface area (Å²) < 4.78 is 28.8. The molecule has 17 heavy (non-hydrogen) atoms. The molecule has 0 radical (unpaired) electrons. The van der Waals surface area contributed by atoms with Crippen LogP contribution in [0.2, 0.25) is 0 Å². The van der Waals surface area contributed by atoms with E-state index in [4.69, 9.17) is 19.8 Å². The second-order valence-electron chi connectivity index (χ2n) is 3.43. The Morgan fingerprint density at radius 2 is 1.88 bits per heavy atom. The molecule has 1 aromatic rings. The number of anilines is 1. The summed E-state index contributed by atoms with van der Waals surface area (Å²) in [5.41, 5.74) is 0.511. The fraction of sp³-hybridized carbons (Fsp3) is 0.300. The molecule has 5 nitrogen and oxygen atoms in total. The Morgan fingerprint density at radius 3 is 2.35 bits per heavy atom. The summed E-state index contributed by atoms with van der Waals surface area (Å²) in [5, 5.41) is 2.61. The summed E-state index contributed by atoms with van der Waals surface area (Å²) in [7, 11) is 0. The van der Waals surface area contributed by atoms with Gasteiger partial charge in [-0.15, -0.1) is 0 Å². The average molecular weight is 322 g/mol. The molecule has 0 saturated carbocycles. The van der Waals surface area contributed by atoms with E-state index in [0.717, 1.165) is 0 Å². The number of nitrogens with one attached hydrogen (secondary N) is 1. The minimum atomic E-state index is -4.83. The van der Waals surface area contributed by atoms with Crippen LogP contribution in [0.1, 0.15) is 12.8 Å². The van der Waals surface area contributed by atoms with Gasteiger partial charge in [0.15, 0.2) is 0 Å². The first-order valence-electron chi connectivity index (χ1n) is 4.95. The number of carbonyl (C=O) groups is 1. The van der Waals surface area contributed by atoms with Crippen LogP contribution in [0.5, 0.6) is 0 Å². The topological polar surface area (TPSA) is 86.6 Å². The van der Waals surface area contributed by atoms with Gasteiger partial charge in [-0.3, -0.25) is 0 Å². The van der Waals surface area contributed by atoms with E-state index in [9.17, 15) is 8.53 Å². The fourth-order valence-corrected chi connectivity index (χ4v) is 2.45. The summed E-state index contributed by atoms with van der Waals surface area (Å²) in [4.78, 5) is 11.3. The van der Waals surface area contributed by atoms with Gasteiger partial charge in [0.1, 0.15) is 0 Å². The number of carbonyl (C=O) groups excluding carboxylic acids is 1. The van der Waals surface area contributed by atoms with E-state index in [1.807, 2.05) is 0 Å². The second kappa shape index (κ2) is 6.26. The monoisotopic (exact) mass is 321 g/mol. The molecule has 0 aromatic heterocycles. The van der Waals surface area contributed by atoms with Gasteiger partial charge in [0.05, 0.1) is 0 Å². The van der Waals surface area contributed by atoms with Crippen LogP contribution >= 0.6 is 11.6 Å². The van der Waals surface area contributed by atoms with Crippen molar-refractivity contribution in [3.8, 4) is 0 Å². The zero-order valence-corrected chi connectivity index (χ0v) is 11.6. The van der Waals surface area contributed by atoms with Gasteiger partial charge >= 0.3 is 107 Å². The maximum atomic E-state index is 11.3. The first-order valence-corrected chi connectivity index (χ1v) is 8.87. The molecule has 0 saturated heterocycles. The Balaban J connectivity index is 2.63. The molecule has 0 unspecified atom stereocenters. The molecule has 0 bridgehead atoms. The molecule has 3 N–H and O–H groups in total. The predicted molar refractivity (Wildman–Crippen MR) is 65.5 cm³/mol. The van der Waals surface area contributed by atoms with Crippen LogP contribution in [0.25, 0.3) is 0 Å². The van der Waals surface area contributed by atoms with E-state index in [1.54, 1.807) is 0 Å². The van der Waals surface area contributed by atoms with Crippen LogP contribution in [0.15, 0.2) is 24.3 Å². The van der Waals surface area contributed by atoms with Crippen molar-refractivity contribution in [2.45, 2.75) is 12.8 Å². The number of hydrogen-bond acceptors (Lipinski definition) is 2. The average Bonchev–Trinajstić information content (AvgIpc) is 2.26. The Labute approximate surface area is 107 Å². The van der Waals surface area contributed by atoms with Gasteiger partial charge in [0.2, 0.25) is 0 Å². The molecule has 0 aliphatic carbocycles. The van der Waals surface area contributed by atoms with Crippen LogP contribution in [0.3, 0.4) is 0 Å². The van der Waals surface area contributed by atoms with E-state index in [-0.39, 0.29) is 10.3 Å². The van der Waals surface area contributed by atoms with Gasteiger partial charge in [-0.2, -0.15) is 0 Å². The summed E-state index contributed by atoms with van der Waals surface area (Å²) in [6.45, 7) is 0. The van der Waals surface area contributed by atoms with Crippen LogP contribution in [0, 0.1) is 0 Å². The Morgan fingerprint density at radius 1 is 1.29 bits per heavy atom. The van der Waals surface area contributed by atoms with E-state index < -0.39 is 14.2 Å². The molecule has 0 heterocycles. The van der Waals surface area contributed by atoms with Crippen molar-refractivity contribution in [3.05, 3.63) is 24.3 Å². The fourth-order valence-electron chi connectivity index (χ4n) is 1.19. The molecule has 0 spiro atoms. The predicted octanol–water partition coefficient (Wildman–Crippen LogP) is 0.205. The van der Waals surface area contributed by atoms with E-state index in [1.165, 1.54) is 24.3 Å². The Bertz CT molecular complexity index is 428. The second-order valence-corrected chi connectivity index (χ2v) is 7.18. The number of alkyl halides is 1. The first kappa shape index (κ1) is 14.3. The third-order valence-electron chi connectivity index (χ3n) is 2.02. The van der Waals surface area contributed by atoms with Gasteiger partial charge in [0, 0.05) is 0 Å². The summed E-state index contributed by atoms with van der Waals surface area (Å²) in [6, 6.07) is 5.57. The number of hydrogen-bond donors (Lipinski definition) is 3. The molecule has 0 atom stereocenters. The number of rotatable bonds is 5. The normalized spacial score (nSPS) is 11.2. The van der Waals surface area contributed by atoms with Crippen molar-refractivity contribution in [1.82, 2.24) is 0 Å². The molecule has 0 aliphatic heterocycles. The first-order chi connectivity index (χ1) is 7.93. The van der Waals surface area contributed by atoms with Gasteiger partial charge in [-0.05, 0) is 0 Å². The van der Waals surface area contributed by atoms with Crippen molar-refractivity contribution in [2.24, 2.45) is 0 Å². The van der Waals surface area contributed by atoms with Crippen molar-refractivity contribution in [2.75, 3.05) is 11.2 Å². The molecular formula is C10H13AsClNO4. The number of halogens is 1. The van der Waals surface area contributed by atoms with E-state index in [2.05, 4.69) is 5.32 Å². The molecule has 94 valence electrons. The minimum absolute atomic E-state index is 0.0121. The van der Waals surface area contributed by atoms with Crippen LogP contribution in [-0.2, 0) is 8.53 Å². The quantitative estimate of drug-likeness (QED) is 0.534. The molecule has 1 amide bonds. The molecular weight excluding hydrogens is 308 g/mol. The standard InChI is InChI=1S/C10H13AsClNO4/c12-7-1-2-10(14)13-9-5-3-8(4-6-9)11(15,16)17/h3-6H,1-2,7H2,(H,13,14)(H2,15,16,17). The van der Waals surface area contributed by atoms with Crippen molar-refractivity contribution in [1.29, 1.82) is 0 Å². The van der Waals surface area contributed by atoms with Gasteiger partial charge in [0.25, 0.3) is 0 Å². The van der Waals surface area contributed by atoms with Crippen molar-refractivity contribution < 1.29 is 16.7 Å². The zero-order valence-electron chi connectivity index (χ0n) is 8.97. The van der Waals surface area contributed by atoms with Crippen LogP contribution in [0.4, 0.5) is 5.69 Å². The number of amides is 1. The third kappa shape index (κ3) is 4.96. The van der Waals surface area contributed by atoms with Crippen molar-refractivity contribution in [3.63, 3.8) is 0 Å². The zero-order chi connectivity index (χ0) is 12.9. The van der Waals surface area contributed by atoms with Gasteiger partial charge < -0.3 is 0 Å². The molecule has 0 fully saturated rings. The molecule has 7 heteroatoms. The number of benzene rings is 1. The SMILES string of the molecule is O=C(CCCCl)Nc1ccc([As](=O)(O)O)cc1. The summed E-state index contributed by atoms with van der Waals surface area (Å²) in [5.74, 6) is 0.257. The molecule has 0 aliphatic rings.